The van der Waals surface area contributed by atoms with Gasteiger partial charge in [-0.05, 0) is 24.6 Å². The number of anilines is 2. The second-order valence-electron chi connectivity index (χ2n) is 8.17. The van der Waals surface area contributed by atoms with E-state index in [1.807, 2.05) is 6.07 Å². The molecule has 2 heterocycles. The first-order valence-electron chi connectivity index (χ1n) is 10.8. The van der Waals surface area contributed by atoms with E-state index in [0.717, 1.165) is 11.4 Å². The SMILES string of the molecule is CNC(=O)c1ccc(C(=O)NC)c2c1NC(=NCc1cccc(C)c1)C1(CCOCC1)N2. The van der Waals surface area contributed by atoms with Gasteiger partial charge in [0.2, 0.25) is 0 Å². The molecule has 0 aliphatic carbocycles. The number of hydrogen-bond donors (Lipinski definition) is 4. The molecule has 1 fully saturated rings. The van der Waals surface area contributed by atoms with Crippen molar-refractivity contribution < 1.29 is 14.3 Å². The minimum Gasteiger partial charge on any atom is -0.381 e. The van der Waals surface area contributed by atoms with Crippen LogP contribution in [0.15, 0.2) is 41.4 Å². The van der Waals surface area contributed by atoms with Crippen molar-refractivity contribution in [1.82, 2.24) is 10.6 Å². The molecule has 0 atom stereocenters. The van der Waals surface area contributed by atoms with E-state index >= 15 is 0 Å². The maximum Gasteiger partial charge on any atom is 0.253 e. The number of carbonyl (C=O) groups is 2. The van der Waals surface area contributed by atoms with Gasteiger partial charge < -0.3 is 26.0 Å². The molecule has 0 unspecified atom stereocenters. The summed E-state index contributed by atoms with van der Waals surface area (Å²) in [7, 11) is 3.18. The Bertz CT molecular complexity index is 1070. The minimum atomic E-state index is -0.501. The van der Waals surface area contributed by atoms with Crippen LogP contribution in [0.25, 0.3) is 0 Å². The Morgan fingerprint density at radius 2 is 1.69 bits per heavy atom. The lowest BCUT2D eigenvalue weighted by Gasteiger charge is -2.44. The summed E-state index contributed by atoms with van der Waals surface area (Å²) in [4.78, 5) is 30.1. The third-order valence-corrected chi connectivity index (χ3v) is 6.06. The number of rotatable bonds is 4. The van der Waals surface area contributed by atoms with Crippen LogP contribution in [-0.4, -0.2) is 50.5 Å². The first-order chi connectivity index (χ1) is 15.5. The molecule has 2 aliphatic rings. The van der Waals surface area contributed by atoms with Crippen molar-refractivity contribution >= 4 is 29.0 Å². The van der Waals surface area contributed by atoms with Crippen LogP contribution in [0.4, 0.5) is 11.4 Å². The van der Waals surface area contributed by atoms with Gasteiger partial charge in [0, 0.05) is 40.2 Å². The molecule has 4 N–H and O–H groups in total. The third kappa shape index (κ3) is 4.05. The van der Waals surface area contributed by atoms with Crippen molar-refractivity contribution in [3.05, 3.63) is 58.7 Å². The van der Waals surface area contributed by atoms with E-state index in [9.17, 15) is 9.59 Å². The smallest absolute Gasteiger partial charge is 0.253 e. The van der Waals surface area contributed by atoms with E-state index in [2.05, 4.69) is 46.4 Å². The second-order valence-corrected chi connectivity index (χ2v) is 8.17. The zero-order valence-electron chi connectivity index (χ0n) is 18.7. The Morgan fingerprint density at radius 1 is 1.03 bits per heavy atom. The van der Waals surface area contributed by atoms with Crippen LogP contribution in [0.5, 0.6) is 0 Å². The van der Waals surface area contributed by atoms with Gasteiger partial charge in [-0.1, -0.05) is 29.8 Å². The quantitative estimate of drug-likeness (QED) is 0.591. The van der Waals surface area contributed by atoms with Gasteiger partial charge >= 0.3 is 0 Å². The molecule has 1 saturated heterocycles. The largest absolute Gasteiger partial charge is 0.381 e. The Labute approximate surface area is 187 Å². The van der Waals surface area contributed by atoms with E-state index in [1.165, 1.54) is 5.56 Å². The van der Waals surface area contributed by atoms with Gasteiger partial charge in [-0.3, -0.25) is 14.6 Å². The molecule has 0 aromatic heterocycles. The van der Waals surface area contributed by atoms with Crippen LogP contribution in [0.2, 0.25) is 0 Å². The van der Waals surface area contributed by atoms with Gasteiger partial charge in [-0.15, -0.1) is 0 Å². The topological polar surface area (TPSA) is 104 Å². The number of amides is 2. The van der Waals surface area contributed by atoms with Crippen LogP contribution in [0.1, 0.15) is 44.7 Å². The summed E-state index contributed by atoms with van der Waals surface area (Å²) < 4.78 is 5.62. The molecule has 2 amide bonds. The van der Waals surface area contributed by atoms with Crippen molar-refractivity contribution in [2.75, 3.05) is 37.9 Å². The Kier molecular flexibility index (Phi) is 6.14. The lowest BCUT2D eigenvalue weighted by atomic mass is 9.84. The maximum absolute atomic E-state index is 12.6. The second kappa shape index (κ2) is 9.00. The zero-order valence-corrected chi connectivity index (χ0v) is 18.7. The number of nitrogens with one attached hydrogen (secondary N) is 4. The van der Waals surface area contributed by atoms with Gasteiger partial charge in [0.15, 0.2) is 0 Å². The molecule has 2 aromatic rings. The van der Waals surface area contributed by atoms with E-state index < -0.39 is 5.54 Å². The molecule has 8 nitrogen and oxygen atoms in total. The number of ether oxygens (including phenoxy) is 1. The van der Waals surface area contributed by atoms with Gasteiger partial charge in [0.1, 0.15) is 5.84 Å². The lowest BCUT2D eigenvalue weighted by molar-refractivity contribution is 0.0777. The third-order valence-electron chi connectivity index (χ3n) is 6.06. The van der Waals surface area contributed by atoms with E-state index in [0.29, 0.717) is 55.1 Å². The highest BCUT2D eigenvalue weighted by molar-refractivity contribution is 6.18. The summed E-state index contributed by atoms with van der Waals surface area (Å²) >= 11 is 0. The number of aliphatic imine (C=N–C) groups is 1. The summed E-state index contributed by atoms with van der Waals surface area (Å²) in [5.74, 6) is 0.301. The first kappa shape index (κ1) is 21.8. The van der Waals surface area contributed by atoms with Crippen molar-refractivity contribution in [1.29, 1.82) is 0 Å². The number of fused-ring (bicyclic) bond motifs is 1. The Hall–Kier alpha value is -3.39. The van der Waals surface area contributed by atoms with Crippen LogP contribution in [0.3, 0.4) is 0 Å². The zero-order chi connectivity index (χ0) is 22.7. The molecule has 8 heteroatoms. The van der Waals surface area contributed by atoms with Crippen LogP contribution in [-0.2, 0) is 11.3 Å². The monoisotopic (exact) mass is 435 g/mol. The molecular formula is C24H29N5O3. The number of amidine groups is 1. The van der Waals surface area contributed by atoms with Crippen molar-refractivity contribution in [2.45, 2.75) is 31.8 Å². The number of carbonyl (C=O) groups excluding carboxylic acids is 2. The normalized spacial score (nSPS) is 17.8. The van der Waals surface area contributed by atoms with Gasteiger partial charge in [0.05, 0.1) is 34.6 Å². The molecule has 2 aliphatic heterocycles. The molecule has 0 bridgehead atoms. The summed E-state index contributed by atoms with van der Waals surface area (Å²) in [6, 6.07) is 11.6. The molecule has 0 radical (unpaired) electrons. The molecular weight excluding hydrogens is 406 g/mol. The predicted octanol–water partition coefficient (Wildman–Crippen LogP) is 2.70. The summed E-state index contributed by atoms with van der Waals surface area (Å²) in [5, 5.41) is 12.4. The fourth-order valence-corrected chi connectivity index (χ4v) is 4.30. The number of hydrogen-bond acceptors (Lipinski definition) is 5. The van der Waals surface area contributed by atoms with E-state index in [1.54, 1.807) is 26.2 Å². The lowest BCUT2D eigenvalue weighted by Crippen LogP contribution is -2.56. The molecule has 32 heavy (non-hydrogen) atoms. The summed E-state index contributed by atoms with van der Waals surface area (Å²) in [6.07, 6.45) is 1.40. The highest BCUT2D eigenvalue weighted by Crippen LogP contribution is 2.41. The average Bonchev–Trinajstić information content (AvgIpc) is 2.81. The molecule has 4 rings (SSSR count). The molecule has 2 aromatic carbocycles. The van der Waals surface area contributed by atoms with Gasteiger partial charge in [0.25, 0.3) is 11.8 Å². The maximum atomic E-state index is 12.6. The fraction of sp³-hybridized carbons (Fsp3) is 0.375. The number of nitrogens with zero attached hydrogens (tertiary/aromatic N) is 1. The van der Waals surface area contributed by atoms with Gasteiger partial charge in [-0.25, -0.2) is 0 Å². The molecule has 1 spiro atoms. The average molecular weight is 436 g/mol. The Morgan fingerprint density at radius 3 is 2.31 bits per heavy atom. The van der Waals surface area contributed by atoms with Crippen LogP contribution in [0, 0.1) is 6.92 Å². The van der Waals surface area contributed by atoms with Gasteiger partial charge in [-0.2, -0.15) is 0 Å². The van der Waals surface area contributed by atoms with E-state index in [4.69, 9.17) is 9.73 Å². The number of aryl methyl sites for hydroxylation is 1. The van der Waals surface area contributed by atoms with Crippen molar-refractivity contribution in [2.24, 2.45) is 4.99 Å². The van der Waals surface area contributed by atoms with E-state index in [-0.39, 0.29) is 11.8 Å². The predicted molar refractivity (Wildman–Crippen MR) is 126 cm³/mol. The summed E-state index contributed by atoms with van der Waals surface area (Å²) in [5.41, 5.74) is 3.89. The number of benzene rings is 2. The van der Waals surface area contributed by atoms with Crippen LogP contribution >= 0.6 is 0 Å². The molecule has 168 valence electrons. The van der Waals surface area contributed by atoms with Crippen LogP contribution < -0.4 is 21.3 Å². The minimum absolute atomic E-state index is 0.221. The molecule has 0 saturated carbocycles. The van der Waals surface area contributed by atoms with Crippen molar-refractivity contribution in [3.63, 3.8) is 0 Å². The van der Waals surface area contributed by atoms with Crippen molar-refractivity contribution in [3.8, 4) is 0 Å². The fourth-order valence-electron chi connectivity index (χ4n) is 4.30. The standard InChI is InChI=1S/C24H29N5O3/c1-15-5-4-6-16(13-15)14-27-23-24(9-11-32-12-10-24)29-20-18(22(31)26-3)8-7-17(19(20)28-23)21(30)25-2/h4-8,13,29H,9-12,14H2,1-3H3,(H,25,30)(H,26,31)(H,27,28). The first-order valence-corrected chi connectivity index (χ1v) is 10.8. The highest BCUT2D eigenvalue weighted by atomic mass is 16.5. The highest BCUT2D eigenvalue weighted by Gasteiger charge is 2.43. The Balaban J connectivity index is 1.82. The summed E-state index contributed by atoms with van der Waals surface area (Å²) in [6.45, 7) is 3.73.